The highest BCUT2D eigenvalue weighted by atomic mass is 16.2. The minimum absolute atomic E-state index is 0.0249. The first-order valence-corrected chi connectivity index (χ1v) is 11.2. The lowest BCUT2D eigenvalue weighted by atomic mass is 9.85. The van der Waals surface area contributed by atoms with Crippen LogP contribution in [0.25, 0.3) is 0 Å². The van der Waals surface area contributed by atoms with Crippen LogP contribution < -0.4 is 10.6 Å². The number of aliphatic imine (C=N–C) groups is 1. The summed E-state index contributed by atoms with van der Waals surface area (Å²) in [5, 5.41) is 6.70. The average Bonchev–Trinajstić information content (AvgIpc) is 3.45. The fourth-order valence-electron chi connectivity index (χ4n) is 5.74. The molecule has 0 aromatic heterocycles. The molecule has 2 heterocycles. The number of nitrogens with one attached hydrogen (secondary N) is 2. The molecule has 0 radical (unpaired) electrons. The third kappa shape index (κ3) is 3.93. The number of rotatable bonds is 7. The number of imide groups is 1. The Bertz CT molecular complexity index is 673. The number of carbonyl (C=O) groups excluding carboxylic acids is 2. The summed E-state index contributed by atoms with van der Waals surface area (Å²) in [6.45, 7) is 8.64. The van der Waals surface area contributed by atoms with Crippen molar-refractivity contribution in [2.75, 3.05) is 39.8 Å². The molecule has 5 atom stereocenters. The first kappa shape index (κ1) is 20.4. The Morgan fingerprint density at radius 3 is 2.48 bits per heavy atom. The number of likely N-dealkylation sites (tertiary alicyclic amines) is 2. The third-order valence-corrected chi connectivity index (χ3v) is 7.02. The van der Waals surface area contributed by atoms with Crippen molar-refractivity contribution in [3.63, 3.8) is 0 Å². The van der Waals surface area contributed by atoms with Gasteiger partial charge in [-0.25, -0.2) is 0 Å². The Morgan fingerprint density at radius 1 is 1.17 bits per heavy atom. The van der Waals surface area contributed by atoms with Crippen molar-refractivity contribution in [3.8, 4) is 0 Å². The van der Waals surface area contributed by atoms with E-state index in [9.17, 15) is 9.59 Å². The number of hydrogen-bond donors (Lipinski definition) is 2. The molecule has 0 aromatic rings. The van der Waals surface area contributed by atoms with Crippen molar-refractivity contribution in [2.24, 2.45) is 34.6 Å². The summed E-state index contributed by atoms with van der Waals surface area (Å²) in [5.41, 5.74) is 0. The van der Waals surface area contributed by atoms with Crippen LogP contribution in [-0.2, 0) is 9.59 Å². The van der Waals surface area contributed by atoms with Crippen LogP contribution in [0.5, 0.6) is 0 Å². The van der Waals surface area contributed by atoms with E-state index < -0.39 is 0 Å². The van der Waals surface area contributed by atoms with Crippen LogP contribution in [-0.4, -0.2) is 73.4 Å². The molecule has 1 saturated carbocycles. The number of amides is 2. The summed E-state index contributed by atoms with van der Waals surface area (Å²) in [7, 11) is 1.76. The number of hydrogen-bond acceptors (Lipinski definition) is 4. The van der Waals surface area contributed by atoms with Gasteiger partial charge in [0.25, 0.3) is 0 Å². The van der Waals surface area contributed by atoms with E-state index in [-0.39, 0.29) is 35.5 Å². The normalized spacial score (nSPS) is 34.0. The molecule has 2 aliphatic heterocycles. The van der Waals surface area contributed by atoms with Crippen molar-refractivity contribution in [1.29, 1.82) is 0 Å². The van der Waals surface area contributed by atoms with E-state index in [1.54, 1.807) is 7.05 Å². The van der Waals surface area contributed by atoms with Crippen LogP contribution in [0.1, 0.15) is 33.1 Å². The summed E-state index contributed by atoms with van der Waals surface area (Å²) in [5.74, 6) is 1.79. The van der Waals surface area contributed by atoms with Crippen molar-refractivity contribution < 1.29 is 9.59 Å². The summed E-state index contributed by atoms with van der Waals surface area (Å²) in [6.07, 6.45) is 7.72. The fourth-order valence-corrected chi connectivity index (χ4v) is 5.74. The molecule has 29 heavy (non-hydrogen) atoms. The van der Waals surface area contributed by atoms with Crippen LogP contribution in [0.2, 0.25) is 0 Å². The molecule has 3 fully saturated rings. The van der Waals surface area contributed by atoms with E-state index in [0.29, 0.717) is 25.0 Å². The standard InChI is InChI=1S/C22H35N5O2/c1-14(2)13-26-9-4-5-17(26)12-25-22(23-3)24-8-10-27-20(28)18-15-6-7-16(11-15)19(18)21(27)29/h6-7,14-19H,4-5,8-13H2,1-3H3,(H2,23,24,25)/t15?,16?,17-,18?,19?/m1/s1. The minimum Gasteiger partial charge on any atom is -0.355 e. The lowest BCUT2D eigenvalue weighted by molar-refractivity contribution is -0.140. The maximum absolute atomic E-state index is 12.7. The van der Waals surface area contributed by atoms with Crippen LogP contribution in [0.4, 0.5) is 0 Å². The molecule has 4 rings (SSSR count). The van der Waals surface area contributed by atoms with E-state index in [1.165, 1.54) is 24.3 Å². The zero-order valence-electron chi connectivity index (χ0n) is 17.9. The van der Waals surface area contributed by atoms with Gasteiger partial charge in [0, 0.05) is 39.3 Å². The Labute approximate surface area is 174 Å². The molecule has 7 nitrogen and oxygen atoms in total. The largest absolute Gasteiger partial charge is 0.355 e. The predicted molar refractivity (Wildman–Crippen MR) is 113 cm³/mol. The topological polar surface area (TPSA) is 77.0 Å². The van der Waals surface area contributed by atoms with Gasteiger partial charge in [-0.15, -0.1) is 0 Å². The van der Waals surface area contributed by atoms with E-state index >= 15 is 0 Å². The Hall–Kier alpha value is -1.89. The Kier molecular flexibility index (Phi) is 5.95. The van der Waals surface area contributed by atoms with Gasteiger partial charge in [-0.05, 0) is 43.6 Å². The van der Waals surface area contributed by atoms with Gasteiger partial charge >= 0.3 is 0 Å². The molecule has 2 saturated heterocycles. The summed E-state index contributed by atoms with van der Waals surface area (Å²) in [6, 6.07) is 0.542. The zero-order chi connectivity index (χ0) is 20.5. The van der Waals surface area contributed by atoms with Gasteiger partial charge in [0.1, 0.15) is 0 Å². The second-order valence-electron chi connectivity index (χ2n) is 9.39. The fraction of sp³-hybridized carbons (Fsp3) is 0.773. The maximum Gasteiger partial charge on any atom is 0.233 e. The summed E-state index contributed by atoms with van der Waals surface area (Å²) >= 11 is 0. The van der Waals surface area contributed by atoms with Crippen molar-refractivity contribution in [1.82, 2.24) is 20.4 Å². The quantitative estimate of drug-likeness (QED) is 0.289. The van der Waals surface area contributed by atoms with Crippen molar-refractivity contribution in [2.45, 2.75) is 39.2 Å². The number of carbonyl (C=O) groups is 2. The van der Waals surface area contributed by atoms with Crippen molar-refractivity contribution in [3.05, 3.63) is 12.2 Å². The molecule has 4 aliphatic rings. The van der Waals surface area contributed by atoms with E-state index in [0.717, 1.165) is 25.5 Å². The van der Waals surface area contributed by atoms with Gasteiger partial charge in [-0.3, -0.25) is 24.4 Å². The van der Waals surface area contributed by atoms with Gasteiger partial charge in [0.15, 0.2) is 5.96 Å². The predicted octanol–water partition coefficient (Wildman–Crippen LogP) is 1.08. The van der Waals surface area contributed by atoms with Crippen molar-refractivity contribution >= 4 is 17.8 Å². The van der Waals surface area contributed by atoms with Gasteiger partial charge in [0.05, 0.1) is 11.8 Å². The highest BCUT2D eigenvalue weighted by molar-refractivity contribution is 6.06. The van der Waals surface area contributed by atoms with Gasteiger partial charge in [0.2, 0.25) is 11.8 Å². The van der Waals surface area contributed by atoms with Crippen LogP contribution in [0.3, 0.4) is 0 Å². The molecule has 0 aromatic carbocycles. The lowest BCUT2D eigenvalue weighted by Crippen LogP contribution is -2.47. The molecular formula is C22H35N5O2. The van der Waals surface area contributed by atoms with E-state index in [2.05, 4.69) is 46.5 Å². The Balaban J connectivity index is 1.23. The molecule has 2 bridgehead atoms. The summed E-state index contributed by atoms with van der Waals surface area (Å²) < 4.78 is 0. The molecule has 4 unspecified atom stereocenters. The molecule has 2 amide bonds. The van der Waals surface area contributed by atoms with Gasteiger partial charge in [-0.2, -0.15) is 0 Å². The second-order valence-corrected chi connectivity index (χ2v) is 9.39. The zero-order valence-corrected chi connectivity index (χ0v) is 17.9. The lowest BCUT2D eigenvalue weighted by Gasteiger charge is -2.27. The molecule has 160 valence electrons. The minimum atomic E-state index is -0.107. The van der Waals surface area contributed by atoms with Crippen LogP contribution >= 0.6 is 0 Å². The van der Waals surface area contributed by atoms with Crippen LogP contribution in [0.15, 0.2) is 17.1 Å². The first-order valence-electron chi connectivity index (χ1n) is 11.2. The SMILES string of the molecule is CN=C(NCCN1C(=O)C2C3C=CC(C3)C2C1=O)NC[C@H]1CCCN1CC(C)C. The second kappa shape index (κ2) is 8.46. The number of nitrogens with zero attached hydrogens (tertiary/aromatic N) is 3. The maximum atomic E-state index is 12.7. The number of fused-ring (bicyclic) bond motifs is 5. The molecule has 0 spiro atoms. The van der Waals surface area contributed by atoms with Gasteiger partial charge in [-0.1, -0.05) is 26.0 Å². The smallest absolute Gasteiger partial charge is 0.233 e. The monoisotopic (exact) mass is 401 g/mol. The number of allylic oxidation sites excluding steroid dienone is 2. The average molecular weight is 402 g/mol. The molecular weight excluding hydrogens is 366 g/mol. The highest BCUT2D eigenvalue weighted by Crippen LogP contribution is 2.52. The molecule has 2 N–H and O–H groups in total. The third-order valence-electron chi connectivity index (χ3n) is 7.02. The molecule has 2 aliphatic carbocycles. The van der Waals surface area contributed by atoms with E-state index in [4.69, 9.17) is 0 Å². The summed E-state index contributed by atoms with van der Waals surface area (Å²) in [4.78, 5) is 33.8. The number of guanidine groups is 1. The Morgan fingerprint density at radius 2 is 1.86 bits per heavy atom. The highest BCUT2D eigenvalue weighted by Gasteiger charge is 2.58. The van der Waals surface area contributed by atoms with Crippen LogP contribution in [0, 0.1) is 29.6 Å². The van der Waals surface area contributed by atoms with E-state index in [1.807, 2.05) is 0 Å². The molecule has 7 heteroatoms. The first-order chi connectivity index (χ1) is 14.0. The van der Waals surface area contributed by atoms with Gasteiger partial charge < -0.3 is 10.6 Å².